The summed E-state index contributed by atoms with van der Waals surface area (Å²) in [6, 6.07) is 6.83. The fourth-order valence-electron chi connectivity index (χ4n) is 3.45. The lowest BCUT2D eigenvalue weighted by atomic mass is 10.0. The van der Waals surface area contributed by atoms with Gasteiger partial charge in [-0.2, -0.15) is 5.10 Å². The van der Waals surface area contributed by atoms with E-state index in [1.54, 1.807) is 12.1 Å². The molecule has 0 spiro atoms. The number of nitrogens with zero attached hydrogens (tertiary/aromatic N) is 2. The smallest absolute Gasteiger partial charge is 0.355 e. The second kappa shape index (κ2) is 9.17. The largest absolute Gasteiger partial charge is 0.448 e. The average molecular weight is 450 g/mol. The highest BCUT2D eigenvalue weighted by Crippen LogP contribution is 2.23. The zero-order chi connectivity index (χ0) is 22.8. The highest BCUT2D eigenvalue weighted by molar-refractivity contribution is 7.91. The lowest BCUT2D eigenvalue weighted by molar-refractivity contribution is -0.147. The molecule has 1 saturated heterocycles. The van der Waals surface area contributed by atoms with Crippen LogP contribution in [-0.4, -0.2) is 60.6 Å². The molecule has 3 rings (SSSR count). The Bertz CT molecular complexity index is 1000. The van der Waals surface area contributed by atoms with Gasteiger partial charge in [0.25, 0.3) is 5.91 Å². The van der Waals surface area contributed by atoms with Crippen LogP contribution < -0.4 is 5.32 Å². The van der Waals surface area contributed by atoms with Gasteiger partial charge in [0.05, 0.1) is 17.5 Å². The first-order valence-corrected chi connectivity index (χ1v) is 12.1. The van der Waals surface area contributed by atoms with Crippen molar-refractivity contribution in [3.8, 4) is 0 Å². The number of ether oxygens (including phenoxy) is 1. The molecule has 0 aromatic heterocycles. The molecule has 1 N–H and O–H groups in total. The van der Waals surface area contributed by atoms with Crippen LogP contribution in [0.15, 0.2) is 29.4 Å². The zero-order valence-corrected chi connectivity index (χ0v) is 18.6. The molecule has 2 heterocycles. The molecule has 0 radical (unpaired) electrons. The molecule has 1 aromatic rings. The molecule has 10 heteroatoms. The molecule has 1 fully saturated rings. The fraction of sp³-hybridized carbons (Fsp3) is 0.524. The van der Waals surface area contributed by atoms with E-state index in [-0.39, 0.29) is 42.4 Å². The summed E-state index contributed by atoms with van der Waals surface area (Å²) >= 11 is 0. The van der Waals surface area contributed by atoms with Crippen molar-refractivity contribution in [1.82, 2.24) is 5.01 Å². The lowest BCUT2D eigenvalue weighted by Crippen LogP contribution is -2.42. The van der Waals surface area contributed by atoms with Crippen molar-refractivity contribution in [2.24, 2.45) is 5.10 Å². The van der Waals surface area contributed by atoms with E-state index in [0.29, 0.717) is 11.6 Å². The predicted molar refractivity (Wildman–Crippen MR) is 115 cm³/mol. The molecular weight excluding hydrogens is 422 g/mol. The summed E-state index contributed by atoms with van der Waals surface area (Å²) in [4.78, 5) is 37.0. The topological polar surface area (TPSA) is 122 Å². The van der Waals surface area contributed by atoms with Crippen LogP contribution in [0.3, 0.4) is 0 Å². The quantitative estimate of drug-likeness (QED) is 0.662. The van der Waals surface area contributed by atoms with Gasteiger partial charge in [-0.25, -0.2) is 18.2 Å². The summed E-state index contributed by atoms with van der Waals surface area (Å²) < 4.78 is 28.6. The van der Waals surface area contributed by atoms with Crippen molar-refractivity contribution in [3.05, 3.63) is 29.8 Å². The monoisotopic (exact) mass is 449 g/mol. The summed E-state index contributed by atoms with van der Waals surface area (Å²) in [5.74, 6) is -1.41. The van der Waals surface area contributed by atoms with Gasteiger partial charge in [-0.3, -0.25) is 9.59 Å². The summed E-state index contributed by atoms with van der Waals surface area (Å²) in [5, 5.41) is 7.85. The van der Waals surface area contributed by atoms with E-state index < -0.39 is 33.9 Å². The number of rotatable bonds is 6. The Labute approximate surface area is 181 Å². The van der Waals surface area contributed by atoms with E-state index in [1.807, 2.05) is 12.1 Å². The van der Waals surface area contributed by atoms with Crippen LogP contribution in [0.25, 0.3) is 0 Å². The molecule has 1 aromatic carbocycles. The molecule has 0 unspecified atom stereocenters. The van der Waals surface area contributed by atoms with Gasteiger partial charge in [0.15, 0.2) is 15.9 Å². The molecule has 2 atom stereocenters. The van der Waals surface area contributed by atoms with Gasteiger partial charge in [-0.1, -0.05) is 26.0 Å². The SMILES string of the molecule is CC(C)c1ccc(NC(=O)[C@H](C)OC(=O)C2=NN([C@H]3CCS(=O)(=O)C3)C(=O)CC2)cc1. The first-order chi connectivity index (χ1) is 14.6. The Kier molecular flexibility index (Phi) is 6.78. The van der Waals surface area contributed by atoms with E-state index in [9.17, 15) is 22.8 Å². The van der Waals surface area contributed by atoms with Crippen LogP contribution in [-0.2, 0) is 29.0 Å². The molecule has 2 amide bonds. The predicted octanol–water partition coefficient (Wildman–Crippen LogP) is 1.85. The van der Waals surface area contributed by atoms with Gasteiger partial charge < -0.3 is 10.1 Å². The van der Waals surface area contributed by atoms with Crippen molar-refractivity contribution in [3.63, 3.8) is 0 Å². The number of nitrogens with one attached hydrogen (secondary N) is 1. The van der Waals surface area contributed by atoms with Gasteiger partial charge in [-0.05, 0) is 37.0 Å². The molecule has 2 aliphatic rings. The number of carbonyl (C=O) groups excluding carboxylic acids is 3. The second-order valence-electron chi connectivity index (χ2n) is 8.16. The van der Waals surface area contributed by atoms with Gasteiger partial charge in [-0.15, -0.1) is 0 Å². The number of amides is 2. The van der Waals surface area contributed by atoms with Gasteiger partial charge >= 0.3 is 5.97 Å². The minimum atomic E-state index is -3.21. The van der Waals surface area contributed by atoms with Crippen molar-refractivity contribution in [2.45, 2.75) is 58.1 Å². The van der Waals surface area contributed by atoms with Crippen molar-refractivity contribution >= 4 is 39.0 Å². The van der Waals surface area contributed by atoms with Crippen molar-refractivity contribution in [1.29, 1.82) is 0 Å². The number of hydrogen-bond acceptors (Lipinski definition) is 7. The van der Waals surface area contributed by atoms with Crippen LogP contribution >= 0.6 is 0 Å². The van der Waals surface area contributed by atoms with Crippen molar-refractivity contribution in [2.75, 3.05) is 16.8 Å². The molecule has 2 aliphatic heterocycles. The van der Waals surface area contributed by atoms with Gasteiger partial charge in [0.2, 0.25) is 5.91 Å². The van der Waals surface area contributed by atoms with Crippen LogP contribution in [0.2, 0.25) is 0 Å². The third kappa shape index (κ3) is 5.69. The maximum atomic E-state index is 12.5. The van der Waals surface area contributed by atoms with Crippen LogP contribution in [0.5, 0.6) is 0 Å². The first kappa shape index (κ1) is 22.9. The summed E-state index contributed by atoms with van der Waals surface area (Å²) in [6.45, 7) is 5.60. The number of esters is 1. The minimum Gasteiger partial charge on any atom is -0.448 e. The number of sulfone groups is 1. The van der Waals surface area contributed by atoms with Crippen LogP contribution in [0, 0.1) is 0 Å². The molecule has 0 bridgehead atoms. The van der Waals surface area contributed by atoms with E-state index in [2.05, 4.69) is 24.3 Å². The molecular formula is C21H27N3O6S. The molecule has 9 nitrogen and oxygen atoms in total. The second-order valence-corrected chi connectivity index (χ2v) is 10.4. The maximum Gasteiger partial charge on any atom is 0.355 e. The molecule has 0 saturated carbocycles. The highest BCUT2D eigenvalue weighted by Gasteiger charge is 2.37. The average Bonchev–Trinajstić information content (AvgIpc) is 3.08. The van der Waals surface area contributed by atoms with Gasteiger partial charge in [0.1, 0.15) is 5.71 Å². The van der Waals surface area contributed by atoms with Crippen molar-refractivity contribution < 1.29 is 27.5 Å². The number of anilines is 1. The fourth-order valence-corrected chi connectivity index (χ4v) is 5.14. The highest BCUT2D eigenvalue weighted by atomic mass is 32.2. The maximum absolute atomic E-state index is 12.5. The number of hydrogen-bond donors (Lipinski definition) is 1. The number of carbonyl (C=O) groups is 3. The van der Waals surface area contributed by atoms with E-state index >= 15 is 0 Å². The minimum absolute atomic E-state index is 0.00448. The molecule has 168 valence electrons. The lowest BCUT2D eigenvalue weighted by Gasteiger charge is -2.27. The zero-order valence-electron chi connectivity index (χ0n) is 17.8. The van der Waals surface area contributed by atoms with E-state index in [0.717, 1.165) is 10.6 Å². The Morgan fingerprint density at radius 3 is 2.42 bits per heavy atom. The van der Waals surface area contributed by atoms with Gasteiger partial charge in [0, 0.05) is 18.5 Å². The standard InChI is InChI=1S/C21H27N3O6S/c1-13(2)15-4-6-16(7-5-15)22-20(26)14(3)30-21(27)18-8-9-19(25)24(23-18)17-10-11-31(28,29)12-17/h4-7,13-14,17H,8-12H2,1-3H3,(H,22,26)/t14-,17-/m0/s1. The summed E-state index contributed by atoms with van der Waals surface area (Å²) in [6.07, 6.45) is -0.668. The Morgan fingerprint density at radius 1 is 1.16 bits per heavy atom. The third-order valence-corrected chi connectivity index (χ3v) is 7.10. The normalized spacial score (nSPS) is 21.5. The number of benzene rings is 1. The Hall–Kier alpha value is -2.75. The summed E-state index contributed by atoms with van der Waals surface area (Å²) in [7, 11) is -3.21. The van der Waals surface area contributed by atoms with Crippen LogP contribution in [0.4, 0.5) is 5.69 Å². The Balaban J connectivity index is 1.61. The first-order valence-electron chi connectivity index (χ1n) is 10.3. The number of hydrazone groups is 1. The van der Waals surface area contributed by atoms with E-state index in [1.165, 1.54) is 6.92 Å². The van der Waals surface area contributed by atoms with E-state index in [4.69, 9.17) is 4.74 Å². The Morgan fingerprint density at radius 2 is 1.84 bits per heavy atom. The third-order valence-electron chi connectivity index (χ3n) is 5.35. The summed E-state index contributed by atoms with van der Waals surface area (Å²) in [5.41, 5.74) is 1.73. The molecule has 0 aliphatic carbocycles. The van der Waals surface area contributed by atoms with Crippen LogP contribution in [0.1, 0.15) is 51.5 Å². The molecule has 31 heavy (non-hydrogen) atoms.